The lowest BCUT2D eigenvalue weighted by Crippen LogP contribution is -2.06. The fourth-order valence-electron chi connectivity index (χ4n) is 2.28. The van der Waals surface area contributed by atoms with Crippen LogP contribution in [0.1, 0.15) is 12.8 Å². The first-order valence-corrected chi connectivity index (χ1v) is 7.19. The van der Waals surface area contributed by atoms with E-state index in [-0.39, 0.29) is 5.82 Å². The van der Waals surface area contributed by atoms with Gasteiger partial charge in [-0.25, -0.2) is 19.3 Å². The van der Waals surface area contributed by atoms with Crippen molar-refractivity contribution in [2.75, 3.05) is 5.32 Å². The third-order valence-corrected chi connectivity index (χ3v) is 3.57. The first-order chi connectivity index (χ1) is 10.8. The van der Waals surface area contributed by atoms with E-state index in [1.165, 1.54) is 12.1 Å². The minimum atomic E-state index is -0.270. The van der Waals surface area contributed by atoms with Crippen LogP contribution in [0.3, 0.4) is 0 Å². The van der Waals surface area contributed by atoms with Gasteiger partial charge in [0.25, 0.3) is 0 Å². The molecule has 3 aromatic rings. The molecule has 0 unspecified atom stereocenters. The molecule has 2 heterocycles. The average molecular weight is 295 g/mol. The molecule has 1 aliphatic carbocycles. The molecule has 0 spiro atoms. The van der Waals surface area contributed by atoms with Crippen molar-refractivity contribution in [1.29, 1.82) is 0 Å². The molecule has 1 fully saturated rings. The number of halogens is 1. The summed E-state index contributed by atoms with van der Waals surface area (Å²) in [6.45, 7) is 0. The van der Waals surface area contributed by atoms with Crippen molar-refractivity contribution in [3.63, 3.8) is 0 Å². The van der Waals surface area contributed by atoms with Crippen LogP contribution in [0.15, 0.2) is 42.9 Å². The second kappa shape index (κ2) is 5.22. The molecule has 110 valence electrons. The topological polar surface area (TPSA) is 66.5 Å². The van der Waals surface area contributed by atoms with Crippen LogP contribution in [-0.2, 0) is 0 Å². The lowest BCUT2D eigenvalue weighted by atomic mass is 10.1. The van der Waals surface area contributed by atoms with Gasteiger partial charge in [0, 0.05) is 30.2 Å². The molecule has 4 rings (SSSR count). The number of anilines is 1. The molecule has 6 heteroatoms. The zero-order valence-electron chi connectivity index (χ0n) is 11.8. The number of H-pyrrole nitrogens is 1. The summed E-state index contributed by atoms with van der Waals surface area (Å²) in [5.74, 6) is 1.02. The van der Waals surface area contributed by atoms with Gasteiger partial charge in [-0.15, -0.1) is 0 Å². The highest BCUT2D eigenvalue weighted by Gasteiger charge is 2.23. The number of imidazole rings is 1. The van der Waals surface area contributed by atoms with E-state index in [2.05, 4.69) is 25.3 Å². The van der Waals surface area contributed by atoms with Gasteiger partial charge >= 0.3 is 0 Å². The van der Waals surface area contributed by atoms with Gasteiger partial charge in [-0.2, -0.15) is 0 Å². The Kier molecular flexibility index (Phi) is 3.07. The van der Waals surface area contributed by atoms with E-state index in [1.54, 1.807) is 30.7 Å². The zero-order valence-corrected chi connectivity index (χ0v) is 11.8. The zero-order chi connectivity index (χ0) is 14.9. The molecule has 0 saturated heterocycles. The Morgan fingerprint density at radius 2 is 1.95 bits per heavy atom. The van der Waals surface area contributed by atoms with Gasteiger partial charge in [-0.1, -0.05) is 0 Å². The van der Waals surface area contributed by atoms with Crippen molar-refractivity contribution in [1.82, 2.24) is 19.9 Å². The van der Waals surface area contributed by atoms with E-state index >= 15 is 0 Å². The van der Waals surface area contributed by atoms with Crippen LogP contribution in [0.2, 0.25) is 0 Å². The van der Waals surface area contributed by atoms with Crippen molar-refractivity contribution in [2.24, 2.45) is 0 Å². The maximum absolute atomic E-state index is 13.2. The molecule has 0 radical (unpaired) electrons. The van der Waals surface area contributed by atoms with E-state index in [0.29, 0.717) is 17.8 Å². The molecule has 0 amide bonds. The third-order valence-electron chi connectivity index (χ3n) is 3.57. The number of nitrogens with zero attached hydrogens (tertiary/aromatic N) is 3. The average Bonchev–Trinajstić information content (AvgIpc) is 3.18. The number of hydrogen-bond acceptors (Lipinski definition) is 4. The largest absolute Gasteiger partial charge is 0.351 e. The molecular weight excluding hydrogens is 281 g/mol. The molecule has 2 N–H and O–H groups in total. The number of nitrogens with one attached hydrogen (secondary N) is 2. The molecule has 22 heavy (non-hydrogen) atoms. The highest BCUT2D eigenvalue weighted by atomic mass is 19.1. The van der Waals surface area contributed by atoms with Crippen LogP contribution in [0, 0.1) is 5.82 Å². The molecule has 2 aromatic heterocycles. The molecule has 5 nitrogen and oxygen atoms in total. The molecule has 0 aliphatic heterocycles. The summed E-state index contributed by atoms with van der Waals surface area (Å²) in [4.78, 5) is 16.3. The third kappa shape index (κ3) is 2.55. The Balaban J connectivity index is 1.81. The van der Waals surface area contributed by atoms with Gasteiger partial charge < -0.3 is 10.3 Å². The Bertz CT molecular complexity index is 779. The van der Waals surface area contributed by atoms with Gasteiger partial charge in [0.05, 0.1) is 11.3 Å². The lowest BCUT2D eigenvalue weighted by Gasteiger charge is -2.10. The van der Waals surface area contributed by atoms with Crippen molar-refractivity contribution < 1.29 is 4.39 Å². The van der Waals surface area contributed by atoms with Crippen LogP contribution in [0.25, 0.3) is 22.6 Å². The second-order valence-electron chi connectivity index (χ2n) is 5.32. The van der Waals surface area contributed by atoms with Crippen LogP contribution in [0.5, 0.6) is 0 Å². The molecule has 1 aliphatic rings. The summed E-state index contributed by atoms with van der Waals surface area (Å²) < 4.78 is 13.2. The summed E-state index contributed by atoms with van der Waals surface area (Å²) in [5, 5.41) is 3.28. The van der Waals surface area contributed by atoms with E-state index in [0.717, 1.165) is 29.7 Å². The minimum Gasteiger partial charge on any atom is -0.351 e. The van der Waals surface area contributed by atoms with Crippen LogP contribution in [-0.4, -0.2) is 26.0 Å². The van der Waals surface area contributed by atoms with Gasteiger partial charge in [-0.3, -0.25) is 0 Å². The molecule has 0 bridgehead atoms. The fraction of sp³-hybridized carbons (Fsp3) is 0.188. The highest BCUT2D eigenvalue weighted by Crippen LogP contribution is 2.30. The maximum Gasteiger partial charge on any atom is 0.223 e. The predicted octanol–water partition coefficient (Wildman–Crippen LogP) is 3.25. The standard InChI is InChI=1S/C16H14FN5/c17-11-3-1-10(2-4-11)14-13(15-18-7-8-19-15)9-20-16(22-14)21-12-5-6-12/h1-4,7-9,12H,5-6H2,(H,18,19)(H,20,21,22). The summed E-state index contributed by atoms with van der Waals surface area (Å²) >= 11 is 0. The predicted molar refractivity (Wildman–Crippen MR) is 81.7 cm³/mol. The Labute approximate surface area is 126 Å². The molecule has 0 atom stereocenters. The van der Waals surface area contributed by atoms with Gasteiger partial charge in [-0.05, 0) is 37.1 Å². The first kappa shape index (κ1) is 12.9. The fourth-order valence-corrected chi connectivity index (χ4v) is 2.28. The minimum absolute atomic E-state index is 0.270. The summed E-state index contributed by atoms with van der Waals surface area (Å²) in [7, 11) is 0. The van der Waals surface area contributed by atoms with Crippen LogP contribution < -0.4 is 5.32 Å². The first-order valence-electron chi connectivity index (χ1n) is 7.19. The SMILES string of the molecule is Fc1ccc(-c2nc(NC3CC3)ncc2-c2ncc[nH]2)cc1. The summed E-state index contributed by atoms with van der Waals surface area (Å²) in [6.07, 6.45) is 7.47. The van der Waals surface area contributed by atoms with Crippen molar-refractivity contribution in [3.8, 4) is 22.6 Å². The number of benzene rings is 1. The van der Waals surface area contributed by atoms with Gasteiger partial charge in [0.2, 0.25) is 5.95 Å². The number of hydrogen-bond donors (Lipinski definition) is 2. The Morgan fingerprint density at radius 1 is 1.14 bits per heavy atom. The number of aromatic amines is 1. The Hall–Kier alpha value is -2.76. The van der Waals surface area contributed by atoms with Crippen molar-refractivity contribution in [2.45, 2.75) is 18.9 Å². The van der Waals surface area contributed by atoms with E-state index < -0.39 is 0 Å². The smallest absolute Gasteiger partial charge is 0.223 e. The maximum atomic E-state index is 13.2. The summed E-state index contributed by atoms with van der Waals surface area (Å²) in [6, 6.07) is 6.75. The second-order valence-corrected chi connectivity index (χ2v) is 5.32. The van der Waals surface area contributed by atoms with Crippen molar-refractivity contribution >= 4 is 5.95 Å². The molecule has 1 saturated carbocycles. The number of aromatic nitrogens is 4. The Morgan fingerprint density at radius 3 is 2.64 bits per heavy atom. The van der Waals surface area contributed by atoms with E-state index in [4.69, 9.17) is 0 Å². The highest BCUT2D eigenvalue weighted by molar-refractivity contribution is 5.77. The normalized spacial score (nSPS) is 14.0. The molecule has 1 aromatic carbocycles. The summed E-state index contributed by atoms with van der Waals surface area (Å²) in [5.41, 5.74) is 2.35. The molecular formula is C16H14FN5. The van der Waals surface area contributed by atoms with Crippen LogP contribution >= 0.6 is 0 Å². The number of rotatable bonds is 4. The van der Waals surface area contributed by atoms with E-state index in [1.807, 2.05) is 0 Å². The monoisotopic (exact) mass is 295 g/mol. The quantitative estimate of drug-likeness (QED) is 0.775. The van der Waals surface area contributed by atoms with Gasteiger partial charge in [0.1, 0.15) is 11.6 Å². The van der Waals surface area contributed by atoms with Gasteiger partial charge in [0.15, 0.2) is 0 Å². The lowest BCUT2D eigenvalue weighted by molar-refractivity contribution is 0.628. The van der Waals surface area contributed by atoms with Crippen molar-refractivity contribution in [3.05, 3.63) is 48.7 Å². The van der Waals surface area contributed by atoms with Crippen LogP contribution in [0.4, 0.5) is 10.3 Å². The van der Waals surface area contributed by atoms with E-state index in [9.17, 15) is 4.39 Å².